The van der Waals surface area contributed by atoms with Gasteiger partial charge in [-0.25, -0.2) is 4.99 Å². The standard InChI is InChI=1S/C39H33N5/c1-4-25(37-30-17-9-7-14-27(30)24(3)41-37)21-34-29-16-8-11-19-32(29)38(42-34)44-39-33-20-12-10-18-31(33)36(43-39)23(2)35-28-15-6-5-13-26(28)22-40-35/h5-20,42H,4,21-22H2,1-3H3,(H,43,44). The van der Waals surface area contributed by atoms with E-state index >= 15 is 0 Å². The molecule has 0 aliphatic carbocycles. The van der Waals surface area contributed by atoms with E-state index < -0.39 is 0 Å². The summed E-state index contributed by atoms with van der Waals surface area (Å²) in [4.78, 5) is 18.9. The number of rotatable bonds is 5. The van der Waals surface area contributed by atoms with Gasteiger partial charge in [-0.1, -0.05) is 104 Å². The Bertz CT molecular complexity index is 2150. The number of amidine groups is 1. The zero-order valence-electron chi connectivity index (χ0n) is 25.2. The second-order valence-corrected chi connectivity index (χ2v) is 11.7. The van der Waals surface area contributed by atoms with Crippen LogP contribution in [0.15, 0.2) is 123 Å². The van der Waals surface area contributed by atoms with Crippen LogP contribution in [0.5, 0.6) is 0 Å². The van der Waals surface area contributed by atoms with Crippen molar-refractivity contribution in [2.45, 2.75) is 40.2 Å². The molecule has 44 heavy (non-hydrogen) atoms. The molecule has 5 heteroatoms. The SMILES string of the molecule is CCC(Cc1[nH]c(/N=C2\NC(=C(C)C3=NCc4ccccc43)c3ccccc32)c2ccccc12)=C1N=C(C)c2ccccc21. The summed E-state index contributed by atoms with van der Waals surface area (Å²) in [6.07, 6.45) is 1.71. The zero-order valence-corrected chi connectivity index (χ0v) is 25.2. The van der Waals surface area contributed by atoms with Crippen molar-refractivity contribution < 1.29 is 0 Å². The molecule has 1 aromatic heterocycles. The molecule has 0 unspecified atom stereocenters. The predicted molar refractivity (Wildman–Crippen MR) is 183 cm³/mol. The second-order valence-electron chi connectivity index (χ2n) is 11.7. The van der Waals surface area contributed by atoms with Crippen LogP contribution >= 0.6 is 0 Å². The first kappa shape index (κ1) is 26.3. The van der Waals surface area contributed by atoms with Crippen LogP contribution in [-0.4, -0.2) is 22.2 Å². The highest BCUT2D eigenvalue weighted by Gasteiger charge is 2.28. The Labute approximate surface area is 257 Å². The Balaban J connectivity index is 1.21. The third-order valence-corrected chi connectivity index (χ3v) is 9.11. The van der Waals surface area contributed by atoms with E-state index in [1.54, 1.807) is 0 Å². The molecule has 0 radical (unpaired) electrons. The molecular weight excluding hydrogens is 538 g/mol. The summed E-state index contributed by atoms with van der Waals surface area (Å²) >= 11 is 0. The summed E-state index contributed by atoms with van der Waals surface area (Å²) in [7, 11) is 0. The normalized spacial score (nSPS) is 18.1. The van der Waals surface area contributed by atoms with Gasteiger partial charge in [-0.15, -0.1) is 0 Å². The number of hydrogen-bond donors (Lipinski definition) is 2. The van der Waals surface area contributed by atoms with Crippen molar-refractivity contribution in [2.24, 2.45) is 15.0 Å². The molecule has 3 aliphatic heterocycles. The van der Waals surface area contributed by atoms with Crippen molar-refractivity contribution in [1.29, 1.82) is 0 Å². The number of nitrogens with zero attached hydrogens (tertiary/aromatic N) is 3. The molecule has 2 N–H and O–H groups in total. The van der Waals surface area contributed by atoms with Gasteiger partial charge in [0.15, 0.2) is 0 Å². The predicted octanol–water partition coefficient (Wildman–Crippen LogP) is 8.77. The highest BCUT2D eigenvalue weighted by atomic mass is 15.1. The molecule has 0 bridgehead atoms. The zero-order chi connectivity index (χ0) is 29.8. The number of hydrogen-bond acceptors (Lipinski definition) is 3. The van der Waals surface area contributed by atoms with Crippen molar-refractivity contribution in [3.8, 4) is 0 Å². The maximum Gasteiger partial charge on any atom is 0.140 e. The van der Waals surface area contributed by atoms with Crippen LogP contribution in [0.4, 0.5) is 5.82 Å². The Kier molecular flexibility index (Phi) is 6.26. The molecule has 0 amide bonds. The lowest BCUT2D eigenvalue weighted by Crippen LogP contribution is -2.16. The average molecular weight is 572 g/mol. The Morgan fingerprint density at radius 3 is 2.23 bits per heavy atom. The minimum absolute atomic E-state index is 0.725. The number of aliphatic imine (C=N–C) groups is 3. The summed E-state index contributed by atoms with van der Waals surface area (Å²) < 4.78 is 0. The highest BCUT2D eigenvalue weighted by molar-refractivity contribution is 6.23. The van der Waals surface area contributed by atoms with E-state index in [1.165, 1.54) is 33.2 Å². The van der Waals surface area contributed by atoms with Crippen LogP contribution in [-0.2, 0) is 13.0 Å². The first-order chi connectivity index (χ1) is 21.6. The number of aromatic amines is 1. The molecule has 3 aliphatic rings. The van der Waals surface area contributed by atoms with Gasteiger partial charge in [0.1, 0.15) is 11.7 Å². The maximum atomic E-state index is 5.26. The first-order valence-corrected chi connectivity index (χ1v) is 15.4. The van der Waals surface area contributed by atoms with E-state index in [2.05, 4.69) is 128 Å². The van der Waals surface area contributed by atoms with Crippen LogP contribution in [0.1, 0.15) is 66.3 Å². The summed E-state index contributed by atoms with van der Waals surface area (Å²) in [6.45, 7) is 7.22. The van der Waals surface area contributed by atoms with Gasteiger partial charge in [0.2, 0.25) is 0 Å². The van der Waals surface area contributed by atoms with Crippen LogP contribution in [0.3, 0.4) is 0 Å². The first-order valence-electron chi connectivity index (χ1n) is 15.4. The molecular formula is C39H33N5. The quantitative estimate of drug-likeness (QED) is 0.218. The number of aromatic nitrogens is 1. The van der Waals surface area contributed by atoms with Crippen LogP contribution < -0.4 is 5.32 Å². The number of H-pyrrole nitrogens is 1. The minimum atomic E-state index is 0.725. The van der Waals surface area contributed by atoms with Crippen LogP contribution in [0.2, 0.25) is 0 Å². The molecule has 4 heterocycles. The summed E-state index contributed by atoms with van der Waals surface area (Å²) in [6, 6.07) is 34.1. The van der Waals surface area contributed by atoms with E-state index in [1.807, 2.05) is 0 Å². The Morgan fingerprint density at radius 2 is 1.43 bits per heavy atom. The van der Waals surface area contributed by atoms with Crippen molar-refractivity contribution in [3.05, 3.63) is 147 Å². The number of benzene rings is 4. The molecule has 0 spiro atoms. The smallest absolute Gasteiger partial charge is 0.140 e. The largest absolute Gasteiger partial charge is 0.342 e. The van der Waals surface area contributed by atoms with Gasteiger partial charge >= 0.3 is 0 Å². The summed E-state index contributed by atoms with van der Waals surface area (Å²) in [5, 5.41) is 6.01. The lowest BCUT2D eigenvalue weighted by atomic mass is 9.97. The van der Waals surface area contributed by atoms with Crippen molar-refractivity contribution in [3.63, 3.8) is 0 Å². The molecule has 0 fully saturated rings. The fraction of sp³-hybridized carbons (Fsp3) is 0.154. The molecule has 8 rings (SSSR count). The lowest BCUT2D eigenvalue weighted by molar-refractivity contribution is 0.981. The fourth-order valence-corrected chi connectivity index (χ4v) is 6.84. The molecule has 5 aromatic rings. The Hall–Kier alpha value is -5.29. The minimum Gasteiger partial charge on any atom is -0.342 e. The van der Waals surface area contributed by atoms with Crippen LogP contribution in [0.25, 0.3) is 22.2 Å². The topological polar surface area (TPSA) is 64.9 Å². The molecule has 214 valence electrons. The molecule has 4 aromatic carbocycles. The Morgan fingerprint density at radius 1 is 0.773 bits per heavy atom. The van der Waals surface area contributed by atoms with Gasteiger partial charge in [-0.05, 0) is 37.0 Å². The maximum absolute atomic E-state index is 5.26. The van der Waals surface area contributed by atoms with Crippen molar-refractivity contribution in [2.75, 3.05) is 0 Å². The highest BCUT2D eigenvalue weighted by Crippen LogP contribution is 2.37. The summed E-state index contributed by atoms with van der Waals surface area (Å²) in [5.74, 6) is 1.71. The summed E-state index contributed by atoms with van der Waals surface area (Å²) in [5.41, 5.74) is 15.1. The molecule has 0 saturated heterocycles. The van der Waals surface area contributed by atoms with Gasteiger partial charge < -0.3 is 10.3 Å². The van der Waals surface area contributed by atoms with E-state index in [0.717, 1.165) is 81.6 Å². The number of allylic oxidation sites excluding steroid dienone is 2. The average Bonchev–Trinajstić information content (AvgIpc) is 3.83. The van der Waals surface area contributed by atoms with E-state index in [0.29, 0.717) is 0 Å². The number of nitrogens with one attached hydrogen (secondary N) is 2. The van der Waals surface area contributed by atoms with Gasteiger partial charge in [0.05, 0.1) is 23.7 Å². The van der Waals surface area contributed by atoms with E-state index in [-0.39, 0.29) is 0 Å². The second kappa shape index (κ2) is 10.5. The van der Waals surface area contributed by atoms with Crippen molar-refractivity contribution >= 4 is 45.2 Å². The fourth-order valence-electron chi connectivity index (χ4n) is 6.84. The lowest BCUT2D eigenvalue weighted by Gasteiger charge is -2.09. The van der Waals surface area contributed by atoms with Gasteiger partial charge in [-0.2, -0.15) is 0 Å². The monoisotopic (exact) mass is 571 g/mol. The van der Waals surface area contributed by atoms with Gasteiger partial charge in [0, 0.05) is 56.4 Å². The van der Waals surface area contributed by atoms with Crippen molar-refractivity contribution in [1.82, 2.24) is 10.3 Å². The molecule has 5 nitrogen and oxygen atoms in total. The number of fused-ring (bicyclic) bond motifs is 4. The van der Waals surface area contributed by atoms with E-state index in [9.17, 15) is 0 Å². The van der Waals surface area contributed by atoms with E-state index in [4.69, 9.17) is 15.0 Å². The van der Waals surface area contributed by atoms with Gasteiger partial charge in [-0.3, -0.25) is 9.98 Å². The molecule has 0 saturated carbocycles. The molecule has 0 atom stereocenters. The third kappa shape index (κ3) is 4.19. The van der Waals surface area contributed by atoms with Crippen LogP contribution in [0, 0.1) is 0 Å². The third-order valence-electron chi connectivity index (χ3n) is 9.11. The van der Waals surface area contributed by atoms with Gasteiger partial charge in [0.25, 0.3) is 0 Å².